The van der Waals surface area contributed by atoms with E-state index in [1.165, 1.54) is 12.8 Å². The molecule has 4 nitrogen and oxygen atoms in total. The first-order chi connectivity index (χ1) is 9.07. The summed E-state index contributed by atoms with van der Waals surface area (Å²) in [6.45, 7) is 7.28. The van der Waals surface area contributed by atoms with Gasteiger partial charge < -0.3 is 0 Å². The molecule has 1 aromatic heterocycles. The molecule has 0 aliphatic heterocycles. The third-order valence-electron chi connectivity index (χ3n) is 4.38. The molecule has 1 saturated carbocycles. The Morgan fingerprint density at radius 1 is 1.42 bits per heavy atom. The second-order valence-corrected chi connectivity index (χ2v) is 6.19. The summed E-state index contributed by atoms with van der Waals surface area (Å²) in [6, 6.07) is 0. The molecule has 0 saturated heterocycles. The van der Waals surface area contributed by atoms with Crippen LogP contribution < -0.4 is 0 Å². The summed E-state index contributed by atoms with van der Waals surface area (Å²) < 4.78 is 1.89. The quantitative estimate of drug-likeness (QED) is 0.792. The predicted molar refractivity (Wildman–Crippen MR) is 74.8 cm³/mol. The molecule has 0 unspecified atom stereocenters. The van der Waals surface area contributed by atoms with Gasteiger partial charge in [-0.2, -0.15) is 5.10 Å². The van der Waals surface area contributed by atoms with Gasteiger partial charge in [0.1, 0.15) is 17.9 Å². The SMILES string of the molecule is CCC1(C(=O)Cc2ncnn2CC(C)C)CCCC1. The molecule has 0 aromatic carbocycles. The van der Waals surface area contributed by atoms with Crippen LogP contribution in [0, 0.1) is 11.3 Å². The Morgan fingerprint density at radius 3 is 2.68 bits per heavy atom. The van der Waals surface area contributed by atoms with Gasteiger partial charge in [0.25, 0.3) is 0 Å². The van der Waals surface area contributed by atoms with Gasteiger partial charge in [-0.1, -0.05) is 33.6 Å². The second kappa shape index (κ2) is 5.85. The van der Waals surface area contributed by atoms with Crippen molar-refractivity contribution in [3.8, 4) is 0 Å². The van der Waals surface area contributed by atoms with E-state index >= 15 is 0 Å². The molecule has 1 heterocycles. The van der Waals surface area contributed by atoms with E-state index < -0.39 is 0 Å². The maximum absolute atomic E-state index is 12.6. The van der Waals surface area contributed by atoms with Crippen LogP contribution in [0.15, 0.2) is 6.33 Å². The first-order valence-corrected chi connectivity index (χ1v) is 7.47. The molecule has 19 heavy (non-hydrogen) atoms. The van der Waals surface area contributed by atoms with Crippen molar-refractivity contribution in [1.29, 1.82) is 0 Å². The molecule has 0 radical (unpaired) electrons. The predicted octanol–water partition coefficient (Wildman–Crippen LogP) is 3.02. The molecule has 1 aliphatic carbocycles. The summed E-state index contributed by atoms with van der Waals surface area (Å²) >= 11 is 0. The van der Waals surface area contributed by atoms with E-state index in [1.54, 1.807) is 6.33 Å². The molecule has 0 bridgehead atoms. The van der Waals surface area contributed by atoms with E-state index in [0.717, 1.165) is 31.6 Å². The van der Waals surface area contributed by atoms with E-state index in [-0.39, 0.29) is 5.41 Å². The van der Waals surface area contributed by atoms with Gasteiger partial charge in [0.2, 0.25) is 0 Å². The highest BCUT2D eigenvalue weighted by Crippen LogP contribution is 2.42. The van der Waals surface area contributed by atoms with Crippen molar-refractivity contribution >= 4 is 5.78 Å². The smallest absolute Gasteiger partial charge is 0.146 e. The van der Waals surface area contributed by atoms with Gasteiger partial charge in [-0.3, -0.25) is 4.79 Å². The van der Waals surface area contributed by atoms with Crippen molar-refractivity contribution in [3.63, 3.8) is 0 Å². The summed E-state index contributed by atoms with van der Waals surface area (Å²) in [5.41, 5.74) is -0.0748. The third kappa shape index (κ3) is 3.04. The Labute approximate surface area is 115 Å². The van der Waals surface area contributed by atoms with Crippen LogP contribution in [0.25, 0.3) is 0 Å². The molecule has 2 rings (SSSR count). The molecular formula is C15H25N3O. The van der Waals surface area contributed by atoms with Crippen LogP contribution in [0.1, 0.15) is 58.7 Å². The van der Waals surface area contributed by atoms with E-state index in [0.29, 0.717) is 18.1 Å². The summed E-state index contributed by atoms with van der Waals surface area (Å²) in [5, 5.41) is 4.24. The standard InChI is InChI=1S/C15H25N3O/c1-4-15(7-5-6-8-15)13(19)9-14-16-11-17-18(14)10-12(2)3/h11-12H,4-10H2,1-3H3. The lowest BCUT2D eigenvalue weighted by Crippen LogP contribution is -2.30. The number of hydrogen-bond donors (Lipinski definition) is 0. The van der Waals surface area contributed by atoms with Crippen molar-refractivity contribution in [2.75, 3.05) is 0 Å². The van der Waals surface area contributed by atoms with E-state index in [4.69, 9.17) is 0 Å². The molecule has 106 valence electrons. The Morgan fingerprint density at radius 2 is 2.11 bits per heavy atom. The fourth-order valence-corrected chi connectivity index (χ4v) is 3.14. The summed E-state index contributed by atoms with van der Waals surface area (Å²) in [7, 11) is 0. The van der Waals surface area contributed by atoms with Crippen LogP contribution in [0.5, 0.6) is 0 Å². The lowest BCUT2D eigenvalue weighted by atomic mass is 9.78. The maximum Gasteiger partial charge on any atom is 0.146 e. The lowest BCUT2D eigenvalue weighted by Gasteiger charge is -2.25. The van der Waals surface area contributed by atoms with Crippen molar-refractivity contribution < 1.29 is 4.79 Å². The van der Waals surface area contributed by atoms with Gasteiger partial charge in [-0.25, -0.2) is 9.67 Å². The van der Waals surface area contributed by atoms with Gasteiger partial charge in [0.15, 0.2) is 0 Å². The number of ketones is 1. The largest absolute Gasteiger partial charge is 0.299 e. The number of carbonyl (C=O) groups excluding carboxylic acids is 1. The molecular weight excluding hydrogens is 238 g/mol. The first-order valence-electron chi connectivity index (χ1n) is 7.47. The average molecular weight is 263 g/mol. The molecule has 0 spiro atoms. The van der Waals surface area contributed by atoms with E-state index in [9.17, 15) is 4.79 Å². The Kier molecular flexibility index (Phi) is 4.38. The highest BCUT2D eigenvalue weighted by molar-refractivity contribution is 5.86. The zero-order valence-corrected chi connectivity index (χ0v) is 12.4. The number of rotatable bonds is 6. The van der Waals surface area contributed by atoms with Gasteiger partial charge in [0.05, 0.1) is 6.42 Å². The molecule has 0 atom stereocenters. The zero-order chi connectivity index (χ0) is 13.9. The number of hydrogen-bond acceptors (Lipinski definition) is 3. The number of carbonyl (C=O) groups is 1. The van der Waals surface area contributed by atoms with Gasteiger partial charge in [-0.05, 0) is 25.2 Å². The third-order valence-corrected chi connectivity index (χ3v) is 4.38. The number of aromatic nitrogens is 3. The molecule has 4 heteroatoms. The van der Waals surface area contributed by atoms with E-state index in [1.807, 2.05) is 4.68 Å². The minimum atomic E-state index is -0.0748. The van der Waals surface area contributed by atoms with Crippen molar-refractivity contribution in [2.45, 2.75) is 65.8 Å². The van der Waals surface area contributed by atoms with E-state index in [2.05, 4.69) is 30.9 Å². The first kappa shape index (κ1) is 14.2. The van der Waals surface area contributed by atoms with Crippen LogP contribution in [0.3, 0.4) is 0 Å². The van der Waals surface area contributed by atoms with Crippen molar-refractivity contribution in [1.82, 2.24) is 14.8 Å². The Hall–Kier alpha value is -1.19. The van der Waals surface area contributed by atoms with Crippen LogP contribution >= 0.6 is 0 Å². The summed E-state index contributed by atoms with van der Waals surface area (Å²) in [6.07, 6.45) is 7.47. The van der Waals surface area contributed by atoms with Crippen molar-refractivity contribution in [2.24, 2.45) is 11.3 Å². The molecule has 1 aliphatic rings. The Bertz CT molecular complexity index is 430. The monoisotopic (exact) mass is 263 g/mol. The highest BCUT2D eigenvalue weighted by Gasteiger charge is 2.39. The minimum Gasteiger partial charge on any atom is -0.299 e. The normalized spacial score (nSPS) is 18.1. The lowest BCUT2D eigenvalue weighted by molar-refractivity contribution is -0.128. The minimum absolute atomic E-state index is 0.0748. The fraction of sp³-hybridized carbons (Fsp3) is 0.800. The fourth-order valence-electron chi connectivity index (χ4n) is 3.14. The maximum atomic E-state index is 12.6. The molecule has 1 fully saturated rings. The number of nitrogens with zero attached hydrogens (tertiary/aromatic N) is 3. The molecule has 0 amide bonds. The van der Waals surface area contributed by atoms with Crippen LogP contribution in [-0.2, 0) is 17.8 Å². The zero-order valence-electron chi connectivity index (χ0n) is 12.4. The molecule has 0 N–H and O–H groups in total. The van der Waals surface area contributed by atoms with Gasteiger partial charge in [0, 0.05) is 12.0 Å². The molecule has 1 aromatic rings. The average Bonchev–Trinajstić information content (AvgIpc) is 2.99. The van der Waals surface area contributed by atoms with Gasteiger partial charge >= 0.3 is 0 Å². The van der Waals surface area contributed by atoms with Crippen molar-refractivity contribution in [3.05, 3.63) is 12.2 Å². The van der Waals surface area contributed by atoms with Crippen LogP contribution in [0.2, 0.25) is 0 Å². The summed E-state index contributed by atoms with van der Waals surface area (Å²) in [4.78, 5) is 16.9. The summed E-state index contributed by atoms with van der Waals surface area (Å²) in [5.74, 6) is 1.71. The van der Waals surface area contributed by atoms with Crippen LogP contribution in [-0.4, -0.2) is 20.5 Å². The second-order valence-electron chi connectivity index (χ2n) is 6.19. The van der Waals surface area contributed by atoms with Crippen LogP contribution in [0.4, 0.5) is 0 Å². The topological polar surface area (TPSA) is 47.8 Å². The van der Waals surface area contributed by atoms with Gasteiger partial charge in [-0.15, -0.1) is 0 Å². The number of Topliss-reactive ketones (excluding diaryl/α,β-unsaturated/α-hetero) is 1. The highest BCUT2D eigenvalue weighted by atomic mass is 16.1. The Balaban J connectivity index is 2.08.